The van der Waals surface area contributed by atoms with Crippen LogP contribution in [0.25, 0.3) is 0 Å². The lowest BCUT2D eigenvalue weighted by atomic mass is 9.92. The van der Waals surface area contributed by atoms with Crippen molar-refractivity contribution in [1.29, 1.82) is 0 Å². The normalized spacial score (nSPS) is 23.9. The average Bonchev–Trinajstić information content (AvgIpc) is 3.01. The number of rotatable bonds is 4. The molecule has 1 unspecified atom stereocenters. The third-order valence-electron chi connectivity index (χ3n) is 3.90. The topological polar surface area (TPSA) is 70.2 Å². The van der Waals surface area contributed by atoms with E-state index in [1.54, 1.807) is 0 Å². The molecule has 2 aliphatic rings. The Kier molecular flexibility index (Phi) is 5.41. The van der Waals surface area contributed by atoms with Crippen LogP contribution in [0, 0.1) is 11.3 Å². The lowest BCUT2D eigenvalue weighted by Crippen LogP contribution is -2.39. The number of carbonyl (C=O) groups is 2. The standard InChI is InChI=1S/C12H21N3O2.ClH/c1-2-14-10(16)8-15-11(17)9-7-12(9)3-5-13-6-4-12;/h9,13H,2-8H2,1H3,(H,14,16)(H,15,17);1H. The van der Waals surface area contributed by atoms with Crippen molar-refractivity contribution < 1.29 is 9.59 Å². The van der Waals surface area contributed by atoms with E-state index in [1.807, 2.05) is 6.92 Å². The molecule has 104 valence electrons. The van der Waals surface area contributed by atoms with Gasteiger partial charge in [0.2, 0.25) is 11.8 Å². The lowest BCUT2D eigenvalue weighted by molar-refractivity contribution is -0.127. The minimum Gasteiger partial charge on any atom is -0.355 e. The molecule has 0 aromatic heterocycles. The van der Waals surface area contributed by atoms with E-state index in [2.05, 4.69) is 16.0 Å². The number of hydrogen-bond donors (Lipinski definition) is 3. The molecule has 1 aliphatic carbocycles. The fourth-order valence-corrected chi connectivity index (χ4v) is 2.75. The molecule has 1 atom stereocenters. The van der Waals surface area contributed by atoms with Crippen molar-refractivity contribution in [2.24, 2.45) is 11.3 Å². The number of nitrogens with one attached hydrogen (secondary N) is 3. The maximum absolute atomic E-state index is 11.9. The minimum absolute atomic E-state index is 0. The van der Waals surface area contributed by atoms with Crippen LogP contribution in [0.4, 0.5) is 0 Å². The Morgan fingerprint density at radius 1 is 1.28 bits per heavy atom. The number of halogens is 1. The molecule has 1 heterocycles. The molecule has 3 N–H and O–H groups in total. The van der Waals surface area contributed by atoms with Gasteiger partial charge in [-0.1, -0.05) is 0 Å². The van der Waals surface area contributed by atoms with Gasteiger partial charge in [0.1, 0.15) is 0 Å². The summed E-state index contributed by atoms with van der Waals surface area (Å²) in [6.07, 6.45) is 3.17. The molecule has 1 aliphatic heterocycles. The maximum Gasteiger partial charge on any atom is 0.239 e. The molecule has 6 heteroatoms. The Labute approximate surface area is 114 Å². The van der Waals surface area contributed by atoms with Crippen LogP contribution in [0.3, 0.4) is 0 Å². The molecule has 5 nitrogen and oxygen atoms in total. The molecule has 1 spiro atoms. The number of hydrogen-bond acceptors (Lipinski definition) is 3. The van der Waals surface area contributed by atoms with E-state index in [1.165, 1.54) is 0 Å². The van der Waals surface area contributed by atoms with Gasteiger partial charge in [0.15, 0.2) is 0 Å². The maximum atomic E-state index is 11.9. The fraction of sp³-hybridized carbons (Fsp3) is 0.833. The predicted octanol–water partition coefficient (Wildman–Crippen LogP) is 0.0502. The van der Waals surface area contributed by atoms with Gasteiger partial charge in [-0.05, 0) is 44.7 Å². The van der Waals surface area contributed by atoms with E-state index < -0.39 is 0 Å². The van der Waals surface area contributed by atoms with Gasteiger partial charge in [-0.15, -0.1) is 12.4 Å². The van der Waals surface area contributed by atoms with E-state index in [0.717, 1.165) is 32.4 Å². The number of amides is 2. The van der Waals surface area contributed by atoms with E-state index in [4.69, 9.17) is 0 Å². The Morgan fingerprint density at radius 3 is 2.56 bits per heavy atom. The van der Waals surface area contributed by atoms with Crippen LogP contribution in [0.1, 0.15) is 26.2 Å². The van der Waals surface area contributed by atoms with Crippen molar-refractivity contribution in [1.82, 2.24) is 16.0 Å². The van der Waals surface area contributed by atoms with Gasteiger partial charge in [-0.3, -0.25) is 9.59 Å². The third kappa shape index (κ3) is 3.36. The summed E-state index contributed by atoms with van der Waals surface area (Å²) in [5.41, 5.74) is 0.247. The van der Waals surface area contributed by atoms with E-state index in [-0.39, 0.29) is 42.1 Å². The Bertz CT molecular complexity index is 316. The highest BCUT2D eigenvalue weighted by Gasteiger charge is 2.57. The van der Waals surface area contributed by atoms with Crippen LogP contribution in [-0.4, -0.2) is 38.0 Å². The molecule has 18 heavy (non-hydrogen) atoms. The highest BCUT2D eigenvalue weighted by atomic mass is 35.5. The van der Waals surface area contributed by atoms with Crippen LogP contribution < -0.4 is 16.0 Å². The van der Waals surface area contributed by atoms with Crippen LogP contribution in [0.5, 0.6) is 0 Å². The summed E-state index contributed by atoms with van der Waals surface area (Å²) in [4.78, 5) is 23.1. The Balaban J connectivity index is 0.00000162. The van der Waals surface area contributed by atoms with Crippen LogP contribution in [0.2, 0.25) is 0 Å². The molecule has 1 saturated heterocycles. The van der Waals surface area contributed by atoms with E-state index >= 15 is 0 Å². The van der Waals surface area contributed by atoms with Crippen LogP contribution in [0.15, 0.2) is 0 Å². The van der Waals surface area contributed by atoms with Crippen LogP contribution in [-0.2, 0) is 9.59 Å². The molecule has 1 saturated carbocycles. The van der Waals surface area contributed by atoms with Crippen LogP contribution >= 0.6 is 12.4 Å². The second kappa shape index (κ2) is 6.38. The van der Waals surface area contributed by atoms with Gasteiger partial charge in [-0.2, -0.15) is 0 Å². The molecule has 2 amide bonds. The average molecular weight is 276 g/mol. The number of piperidine rings is 1. The summed E-state index contributed by atoms with van der Waals surface area (Å²) in [6.45, 7) is 4.61. The first-order valence-corrected chi connectivity index (χ1v) is 6.43. The van der Waals surface area contributed by atoms with Gasteiger partial charge in [-0.25, -0.2) is 0 Å². The summed E-state index contributed by atoms with van der Waals surface area (Å²) in [5.74, 6) is 0.0815. The summed E-state index contributed by atoms with van der Waals surface area (Å²) in [6, 6.07) is 0. The second-order valence-electron chi connectivity index (χ2n) is 5.04. The summed E-state index contributed by atoms with van der Waals surface area (Å²) < 4.78 is 0. The van der Waals surface area contributed by atoms with Gasteiger partial charge in [0.25, 0.3) is 0 Å². The van der Waals surface area contributed by atoms with Crippen molar-refractivity contribution in [3.8, 4) is 0 Å². The van der Waals surface area contributed by atoms with Crippen molar-refractivity contribution in [3.05, 3.63) is 0 Å². The first-order valence-electron chi connectivity index (χ1n) is 6.43. The first-order chi connectivity index (χ1) is 8.18. The monoisotopic (exact) mass is 275 g/mol. The molecular formula is C12H22ClN3O2. The van der Waals surface area contributed by atoms with Crippen molar-refractivity contribution in [2.75, 3.05) is 26.2 Å². The zero-order valence-corrected chi connectivity index (χ0v) is 11.6. The zero-order valence-electron chi connectivity index (χ0n) is 10.8. The highest BCUT2D eigenvalue weighted by molar-refractivity contribution is 5.87. The third-order valence-corrected chi connectivity index (χ3v) is 3.90. The summed E-state index contributed by atoms with van der Waals surface area (Å²) in [7, 11) is 0. The molecular weight excluding hydrogens is 254 g/mol. The largest absolute Gasteiger partial charge is 0.355 e. The Morgan fingerprint density at radius 2 is 1.94 bits per heavy atom. The molecule has 0 aromatic rings. The summed E-state index contributed by atoms with van der Waals surface area (Å²) in [5, 5.41) is 8.71. The zero-order chi connectivity index (χ0) is 12.3. The van der Waals surface area contributed by atoms with Gasteiger partial charge < -0.3 is 16.0 Å². The first kappa shape index (κ1) is 15.2. The SMILES string of the molecule is CCNC(=O)CNC(=O)C1CC12CCNCC2.Cl. The molecule has 0 bridgehead atoms. The second-order valence-corrected chi connectivity index (χ2v) is 5.04. The van der Waals surface area contributed by atoms with Gasteiger partial charge >= 0.3 is 0 Å². The molecule has 2 fully saturated rings. The van der Waals surface area contributed by atoms with Gasteiger partial charge in [0.05, 0.1) is 6.54 Å². The van der Waals surface area contributed by atoms with Crippen molar-refractivity contribution in [2.45, 2.75) is 26.2 Å². The number of likely N-dealkylation sites (N-methyl/N-ethyl adjacent to an activating group) is 1. The molecule has 2 rings (SSSR count). The number of carbonyl (C=O) groups excluding carboxylic acids is 2. The smallest absolute Gasteiger partial charge is 0.239 e. The minimum atomic E-state index is -0.110. The van der Waals surface area contributed by atoms with E-state index in [9.17, 15) is 9.59 Å². The Hall–Kier alpha value is -0.810. The fourth-order valence-electron chi connectivity index (χ4n) is 2.75. The quantitative estimate of drug-likeness (QED) is 0.679. The predicted molar refractivity (Wildman–Crippen MR) is 71.6 cm³/mol. The van der Waals surface area contributed by atoms with Gasteiger partial charge in [0, 0.05) is 12.5 Å². The molecule has 0 aromatic carbocycles. The molecule has 0 radical (unpaired) electrons. The van der Waals surface area contributed by atoms with Crippen molar-refractivity contribution >= 4 is 24.2 Å². The summed E-state index contributed by atoms with van der Waals surface area (Å²) >= 11 is 0. The van der Waals surface area contributed by atoms with Crippen molar-refractivity contribution in [3.63, 3.8) is 0 Å². The van der Waals surface area contributed by atoms with E-state index in [0.29, 0.717) is 6.54 Å². The highest BCUT2D eigenvalue weighted by Crippen LogP contribution is 2.58. The lowest BCUT2D eigenvalue weighted by Gasteiger charge is -2.23.